The topological polar surface area (TPSA) is 119 Å². The van der Waals surface area contributed by atoms with Gasteiger partial charge in [0.2, 0.25) is 6.29 Å². The number of carbonyl (C=O) groups excluding carboxylic acids is 1. The van der Waals surface area contributed by atoms with Crippen LogP contribution in [0, 0.1) is 0 Å². The van der Waals surface area contributed by atoms with Crippen LogP contribution in [0.5, 0.6) is 0 Å². The first-order chi connectivity index (χ1) is 7.25. The highest BCUT2D eigenvalue weighted by Gasteiger charge is 2.17. The number of esters is 1. The number of ether oxygens (including phenoxy) is 1. The van der Waals surface area contributed by atoms with Gasteiger partial charge in [0.1, 0.15) is 0 Å². The van der Waals surface area contributed by atoms with Gasteiger partial charge in [-0.15, -0.1) is 0 Å². The summed E-state index contributed by atoms with van der Waals surface area (Å²) in [4.78, 5) is 11.4. The summed E-state index contributed by atoms with van der Waals surface area (Å²) >= 11 is 0. The van der Waals surface area contributed by atoms with Crippen LogP contribution in [-0.4, -0.2) is 40.7 Å². The van der Waals surface area contributed by atoms with Crippen LogP contribution in [0.25, 0.3) is 0 Å². The monoisotopic (exact) mass is 232 g/mol. The van der Waals surface area contributed by atoms with Crippen molar-refractivity contribution in [3.05, 3.63) is 11.6 Å². The maximum atomic E-state index is 11.4. The number of hydrogen-bond donors (Lipinski definition) is 4. The molecule has 6 N–H and O–H groups in total. The van der Waals surface area contributed by atoms with Crippen molar-refractivity contribution in [1.29, 1.82) is 0 Å². The molecule has 6 nitrogen and oxygen atoms in total. The van der Waals surface area contributed by atoms with Crippen molar-refractivity contribution >= 4 is 5.97 Å². The van der Waals surface area contributed by atoms with E-state index in [4.69, 9.17) is 16.6 Å². The van der Waals surface area contributed by atoms with E-state index >= 15 is 0 Å². The number of hydrogen-bond acceptors (Lipinski definition) is 6. The molecule has 0 amide bonds. The highest BCUT2D eigenvalue weighted by Crippen LogP contribution is 2.04. The molecule has 0 bridgehead atoms. The Morgan fingerprint density at radius 1 is 1.31 bits per heavy atom. The second kappa shape index (κ2) is 6.59. The lowest BCUT2D eigenvalue weighted by Gasteiger charge is -2.16. The SMILES string of the molecule is CC(=CC(N)C(C)O)C(=O)OC(O)C(C)N. The van der Waals surface area contributed by atoms with Gasteiger partial charge >= 0.3 is 5.97 Å². The molecule has 16 heavy (non-hydrogen) atoms. The summed E-state index contributed by atoms with van der Waals surface area (Å²) in [5.41, 5.74) is 11.1. The van der Waals surface area contributed by atoms with Crippen molar-refractivity contribution in [2.24, 2.45) is 11.5 Å². The molecule has 0 spiro atoms. The zero-order chi connectivity index (χ0) is 12.9. The van der Waals surface area contributed by atoms with E-state index in [2.05, 4.69) is 4.74 Å². The van der Waals surface area contributed by atoms with Crippen LogP contribution >= 0.6 is 0 Å². The van der Waals surface area contributed by atoms with E-state index in [9.17, 15) is 9.90 Å². The van der Waals surface area contributed by atoms with E-state index in [0.717, 1.165) is 0 Å². The van der Waals surface area contributed by atoms with Gasteiger partial charge in [-0.3, -0.25) is 0 Å². The fourth-order valence-corrected chi connectivity index (χ4v) is 0.806. The summed E-state index contributed by atoms with van der Waals surface area (Å²) in [7, 11) is 0. The Hall–Kier alpha value is -0.950. The molecule has 6 heteroatoms. The van der Waals surface area contributed by atoms with Gasteiger partial charge in [0.05, 0.1) is 12.1 Å². The van der Waals surface area contributed by atoms with Gasteiger partial charge in [-0.1, -0.05) is 6.08 Å². The van der Waals surface area contributed by atoms with Gasteiger partial charge in [-0.25, -0.2) is 4.79 Å². The Bertz CT molecular complexity index is 264. The molecule has 0 heterocycles. The molecule has 0 aliphatic rings. The molecular formula is C10H20N2O4. The van der Waals surface area contributed by atoms with E-state index in [1.165, 1.54) is 26.8 Å². The molecule has 0 rings (SSSR count). The molecule has 0 aromatic carbocycles. The van der Waals surface area contributed by atoms with Crippen molar-refractivity contribution < 1.29 is 19.7 Å². The molecule has 0 saturated heterocycles. The molecule has 4 unspecified atom stereocenters. The largest absolute Gasteiger partial charge is 0.431 e. The average Bonchev–Trinajstić information content (AvgIpc) is 2.16. The van der Waals surface area contributed by atoms with Crippen LogP contribution in [-0.2, 0) is 9.53 Å². The van der Waals surface area contributed by atoms with E-state index in [1.807, 2.05) is 0 Å². The molecule has 0 saturated carbocycles. The number of nitrogens with two attached hydrogens (primary N) is 2. The van der Waals surface area contributed by atoms with Gasteiger partial charge < -0.3 is 26.4 Å². The lowest BCUT2D eigenvalue weighted by molar-refractivity contribution is -0.165. The van der Waals surface area contributed by atoms with Crippen LogP contribution < -0.4 is 11.5 Å². The Labute approximate surface area is 94.9 Å². The number of aliphatic hydroxyl groups excluding tert-OH is 2. The van der Waals surface area contributed by atoms with Gasteiger partial charge in [-0.05, 0) is 20.8 Å². The third kappa shape index (κ3) is 5.22. The van der Waals surface area contributed by atoms with Crippen molar-refractivity contribution in [3.8, 4) is 0 Å². The summed E-state index contributed by atoms with van der Waals surface area (Å²) in [5.74, 6) is -0.707. The summed E-state index contributed by atoms with van der Waals surface area (Å²) in [5, 5.41) is 18.3. The average molecular weight is 232 g/mol. The fraction of sp³-hybridized carbons (Fsp3) is 0.700. The Kier molecular flexibility index (Phi) is 6.20. The van der Waals surface area contributed by atoms with Gasteiger partial charge in [0, 0.05) is 11.6 Å². The van der Waals surface area contributed by atoms with Gasteiger partial charge in [-0.2, -0.15) is 0 Å². The summed E-state index contributed by atoms with van der Waals surface area (Å²) in [6, 6.07) is -1.32. The van der Waals surface area contributed by atoms with Crippen LogP contribution in [0.3, 0.4) is 0 Å². The van der Waals surface area contributed by atoms with E-state index < -0.39 is 30.4 Å². The zero-order valence-electron chi connectivity index (χ0n) is 9.75. The first-order valence-electron chi connectivity index (χ1n) is 5.02. The van der Waals surface area contributed by atoms with Crippen LogP contribution in [0.1, 0.15) is 20.8 Å². The van der Waals surface area contributed by atoms with Crippen LogP contribution in [0.15, 0.2) is 11.6 Å². The van der Waals surface area contributed by atoms with E-state index in [1.54, 1.807) is 0 Å². The first kappa shape index (κ1) is 15.0. The van der Waals surface area contributed by atoms with Crippen LogP contribution in [0.2, 0.25) is 0 Å². The maximum absolute atomic E-state index is 11.4. The zero-order valence-corrected chi connectivity index (χ0v) is 9.75. The number of carbonyl (C=O) groups is 1. The molecule has 0 aromatic heterocycles. The molecule has 94 valence electrons. The predicted octanol–water partition coefficient (Wildman–Crippen LogP) is -1.15. The molecule has 4 atom stereocenters. The molecule has 0 fully saturated rings. The minimum Gasteiger partial charge on any atom is -0.431 e. The predicted molar refractivity (Wildman–Crippen MR) is 59.2 cm³/mol. The standard InChI is InChI=1S/C10H20N2O4/c1-5(4-8(12)7(3)13)9(14)16-10(15)6(2)11/h4,6-8,10,13,15H,11-12H2,1-3H3. The third-order valence-electron chi connectivity index (χ3n) is 2.00. The first-order valence-corrected chi connectivity index (χ1v) is 5.02. The quantitative estimate of drug-likeness (QED) is 0.270. The summed E-state index contributed by atoms with van der Waals surface area (Å²) in [6.07, 6.45) is -0.735. The highest BCUT2D eigenvalue weighted by molar-refractivity contribution is 5.87. The van der Waals surface area contributed by atoms with E-state index in [-0.39, 0.29) is 5.57 Å². The second-order valence-electron chi connectivity index (χ2n) is 3.82. The Morgan fingerprint density at radius 3 is 2.19 bits per heavy atom. The van der Waals surface area contributed by atoms with Crippen molar-refractivity contribution in [2.45, 2.75) is 45.2 Å². The summed E-state index contributed by atoms with van der Waals surface area (Å²) in [6.45, 7) is 4.51. The van der Waals surface area contributed by atoms with Crippen LogP contribution in [0.4, 0.5) is 0 Å². The molecule has 0 aliphatic carbocycles. The normalized spacial score (nSPS) is 19.8. The molecule has 0 radical (unpaired) electrons. The van der Waals surface area contributed by atoms with E-state index in [0.29, 0.717) is 0 Å². The van der Waals surface area contributed by atoms with Gasteiger partial charge in [0.15, 0.2) is 0 Å². The lowest BCUT2D eigenvalue weighted by atomic mass is 10.1. The highest BCUT2D eigenvalue weighted by atomic mass is 16.6. The molecule has 0 aliphatic heterocycles. The number of rotatable bonds is 5. The number of aliphatic hydroxyl groups is 2. The minimum atomic E-state index is -1.35. The second-order valence-corrected chi connectivity index (χ2v) is 3.82. The Balaban J connectivity index is 4.39. The van der Waals surface area contributed by atoms with Gasteiger partial charge in [0.25, 0.3) is 0 Å². The lowest BCUT2D eigenvalue weighted by Crippen LogP contribution is -2.36. The third-order valence-corrected chi connectivity index (χ3v) is 2.00. The van der Waals surface area contributed by atoms with Crippen molar-refractivity contribution in [1.82, 2.24) is 0 Å². The fourth-order valence-electron chi connectivity index (χ4n) is 0.806. The van der Waals surface area contributed by atoms with Crippen molar-refractivity contribution in [2.75, 3.05) is 0 Å². The maximum Gasteiger partial charge on any atom is 0.335 e. The minimum absolute atomic E-state index is 0.216. The molecular weight excluding hydrogens is 212 g/mol. The van der Waals surface area contributed by atoms with Crippen molar-refractivity contribution in [3.63, 3.8) is 0 Å². The molecule has 0 aromatic rings. The smallest absolute Gasteiger partial charge is 0.335 e. The Morgan fingerprint density at radius 2 is 1.81 bits per heavy atom. The summed E-state index contributed by atoms with van der Waals surface area (Å²) < 4.78 is 4.64.